The molecule has 0 spiro atoms. The van der Waals surface area contributed by atoms with Gasteiger partial charge in [-0.05, 0) is 24.3 Å². The Hall–Kier alpha value is -1.88. The molecule has 32 heavy (non-hydrogen) atoms. The van der Waals surface area contributed by atoms with Gasteiger partial charge in [0.05, 0.1) is 33.4 Å². The van der Waals surface area contributed by atoms with Crippen LogP contribution in [0.25, 0.3) is 11.0 Å². The first-order valence-corrected chi connectivity index (χ1v) is 12.1. The Kier molecular flexibility index (Phi) is 6.94. The number of nitrogens with one attached hydrogen (secondary N) is 1. The van der Waals surface area contributed by atoms with Gasteiger partial charge in [-0.15, -0.1) is 0 Å². The maximum absolute atomic E-state index is 13.7. The van der Waals surface area contributed by atoms with Crippen LogP contribution in [0.4, 0.5) is 18.9 Å². The van der Waals surface area contributed by atoms with Crippen molar-refractivity contribution in [2.24, 2.45) is 4.99 Å². The molecule has 1 N–H and O–H groups in total. The molecule has 0 fully saturated rings. The molecule has 1 aromatic heterocycles. The zero-order valence-electron chi connectivity index (χ0n) is 16.2. The van der Waals surface area contributed by atoms with E-state index in [0.717, 1.165) is 21.2 Å². The molecule has 0 saturated carbocycles. The zero-order chi connectivity index (χ0) is 22.9. The number of imidazole rings is 1. The lowest BCUT2D eigenvalue weighted by Crippen LogP contribution is -2.16. The van der Waals surface area contributed by atoms with E-state index in [2.05, 4.69) is 15.3 Å². The highest BCUT2D eigenvalue weighted by molar-refractivity contribution is 8.39. The van der Waals surface area contributed by atoms with Crippen LogP contribution < -0.4 is 5.32 Å². The number of rotatable bonds is 5. The van der Waals surface area contributed by atoms with Crippen molar-refractivity contribution < 1.29 is 18.0 Å². The number of aromatic nitrogens is 2. The fourth-order valence-corrected chi connectivity index (χ4v) is 5.79. The third-order valence-corrected chi connectivity index (χ3v) is 7.43. The number of carbonyl (C=O) groups excluding carboxylic acids is 1. The number of amides is 1. The normalized spacial score (nSPS) is 14.1. The van der Waals surface area contributed by atoms with E-state index < -0.39 is 17.9 Å². The molecule has 0 radical (unpaired) electrons. The van der Waals surface area contributed by atoms with E-state index >= 15 is 0 Å². The van der Waals surface area contributed by atoms with Crippen molar-refractivity contribution in [1.82, 2.24) is 9.55 Å². The minimum Gasteiger partial charge on any atom is -0.320 e. The molecule has 4 rings (SSSR count). The number of benzene rings is 2. The Morgan fingerprint density at radius 1 is 1.19 bits per heavy atom. The SMILES string of the molecule is O=C(Nc1cccc2c1nc(C(F)(F)F)n2CCSC1=NCCS1)c1c(Cl)cccc1Cl. The lowest BCUT2D eigenvalue weighted by Gasteiger charge is -2.11. The third kappa shape index (κ3) is 4.88. The van der Waals surface area contributed by atoms with Gasteiger partial charge in [0.15, 0.2) is 0 Å². The summed E-state index contributed by atoms with van der Waals surface area (Å²) in [6, 6.07) is 9.19. The van der Waals surface area contributed by atoms with Crippen molar-refractivity contribution in [2.75, 3.05) is 23.4 Å². The highest BCUT2D eigenvalue weighted by Gasteiger charge is 2.38. The predicted molar refractivity (Wildman–Crippen MR) is 126 cm³/mol. The maximum Gasteiger partial charge on any atom is 0.449 e. The van der Waals surface area contributed by atoms with Gasteiger partial charge in [-0.1, -0.05) is 58.9 Å². The van der Waals surface area contributed by atoms with Gasteiger partial charge in [0.2, 0.25) is 5.82 Å². The molecule has 0 unspecified atom stereocenters. The molecule has 0 atom stereocenters. The zero-order valence-corrected chi connectivity index (χ0v) is 19.4. The predicted octanol–water partition coefficient (Wildman–Crippen LogP) is 6.45. The molecule has 0 aliphatic carbocycles. The molecule has 0 saturated heterocycles. The number of aryl methyl sites for hydroxylation is 1. The van der Waals surface area contributed by atoms with Crippen LogP contribution in [-0.2, 0) is 12.7 Å². The van der Waals surface area contributed by atoms with E-state index in [1.54, 1.807) is 30.0 Å². The number of carbonyl (C=O) groups is 1. The first kappa shape index (κ1) is 23.3. The standard InChI is InChI=1S/C20H15Cl2F3N4OS2/c21-11-3-1-4-12(22)15(11)17(30)27-13-5-2-6-14-16(13)28-18(20(23,24)25)29(14)8-10-32-19-26-7-9-31-19/h1-6H,7-10H2,(H,27,30). The molecular weight excluding hydrogens is 504 g/mol. The quantitative estimate of drug-likeness (QED) is 0.421. The van der Waals surface area contributed by atoms with Crippen molar-refractivity contribution in [3.05, 3.63) is 57.8 Å². The maximum atomic E-state index is 13.7. The highest BCUT2D eigenvalue weighted by atomic mass is 35.5. The Labute approximate surface area is 199 Å². The summed E-state index contributed by atoms with van der Waals surface area (Å²) in [7, 11) is 0. The summed E-state index contributed by atoms with van der Waals surface area (Å²) in [6.45, 7) is 0.816. The van der Waals surface area contributed by atoms with E-state index in [-0.39, 0.29) is 38.9 Å². The van der Waals surface area contributed by atoms with Crippen molar-refractivity contribution in [3.8, 4) is 0 Å². The van der Waals surface area contributed by atoms with Crippen LogP contribution in [0.3, 0.4) is 0 Å². The number of halogens is 5. The fourth-order valence-electron chi connectivity index (χ4n) is 3.22. The van der Waals surface area contributed by atoms with Gasteiger partial charge in [0.25, 0.3) is 5.91 Å². The van der Waals surface area contributed by atoms with Crippen molar-refractivity contribution >= 4 is 73.7 Å². The van der Waals surface area contributed by atoms with E-state index in [4.69, 9.17) is 23.2 Å². The Morgan fingerprint density at radius 3 is 2.56 bits per heavy atom. The van der Waals surface area contributed by atoms with E-state index in [1.807, 2.05) is 0 Å². The second-order valence-electron chi connectivity index (χ2n) is 6.65. The molecule has 2 heterocycles. The van der Waals surface area contributed by atoms with Crippen LogP contribution in [0.1, 0.15) is 16.2 Å². The lowest BCUT2D eigenvalue weighted by atomic mass is 10.2. The number of anilines is 1. The van der Waals surface area contributed by atoms with Crippen LogP contribution in [-0.4, -0.2) is 37.9 Å². The van der Waals surface area contributed by atoms with Crippen LogP contribution in [0.2, 0.25) is 10.0 Å². The molecule has 1 aliphatic heterocycles. The Morgan fingerprint density at radius 2 is 1.91 bits per heavy atom. The molecule has 12 heteroatoms. The monoisotopic (exact) mass is 518 g/mol. The van der Waals surface area contributed by atoms with Crippen LogP contribution >= 0.6 is 46.7 Å². The number of hydrogen-bond donors (Lipinski definition) is 1. The van der Waals surface area contributed by atoms with Crippen molar-refractivity contribution in [3.63, 3.8) is 0 Å². The molecule has 168 valence electrons. The van der Waals surface area contributed by atoms with Gasteiger partial charge in [-0.2, -0.15) is 13.2 Å². The Bertz CT molecular complexity index is 1190. The number of para-hydroxylation sites is 1. The van der Waals surface area contributed by atoms with E-state index in [0.29, 0.717) is 5.75 Å². The summed E-state index contributed by atoms with van der Waals surface area (Å²) in [5.41, 5.74) is 0.474. The molecule has 1 amide bonds. The fraction of sp³-hybridized carbons (Fsp3) is 0.250. The molecule has 2 aromatic carbocycles. The first-order valence-electron chi connectivity index (χ1n) is 9.37. The number of aliphatic imine (C=N–C) groups is 1. The van der Waals surface area contributed by atoms with Gasteiger partial charge < -0.3 is 9.88 Å². The van der Waals surface area contributed by atoms with Gasteiger partial charge in [-0.3, -0.25) is 9.79 Å². The third-order valence-electron chi connectivity index (χ3n) is 4.57. The van der Waals surface area contributed by atoms with Crippen LogP contribution in [0.15, 0.2) is 41.4 Å². The second-order valence-corrected chi connectivity index (χ2v) is 9.89. The largest absolute Gasteiger partial charge is 0.449 e. The minimum absolute atomic E-state index is 0.0360. The van der Waals surface area contributed by atoms with Gasteiger partial charge >= 0.3 is 6.18 Å². The molecule has 5 nitrogen and oxygen atoms in total. The van der Waals surface area contributed by atoms with Crippen LogP contribution in [0.5, 0.6) is 0 Å². The van der Waals surface area contributed by atoms with Crippen molar-refractivity contribution in [1.29, 1.82) is 0 Å². The smallest absolute Gasteiger partial charge is 0.320 e. The summed E-state index contributed by atoms with van der Waals surface area (Å²) in [5, 5.41) is 2.86. The Balaban J connectivity index is 1.67. The first-order chi connectivity index (χ1) is 15.3. The summed E-state index contributed by atoms with van der Waals surface area (Å²) in [6.07, 6.45) is -4.66. The highest BCUT2D eigenvalue weighted by Crippen LogP contribution is 2.35. The average Bonchev–Trinajstić information content (AvgIpc) is 3.36. The van der Waals surface area contributed by atoms with Crippen LogP contribution in [0, 0.1) is 0 Å². The van der Waals surface area contributed by atoms with Gasteiger partial charge in [-0.25, -0.2) is 4.98 Å². The number of hydrogen-bond acceptors (Lipinski definition) is 5. The molecular formula is C20H15Cl2F3N4OS2. The number of alkyl halides is 3. The average molecular weight is 519 g/mol. The lowest BCUT2D eigenvalue weighted by molar-refractivity contribution is -0.146. The summed E-state index contributed by atoms with van der Waals surface area (Å²) >= 11 is 15.2. The number of thioether (sulfide) groups is 2. The van der Waals surface area contributed by atoms with E-state index in [9.17, 15) is 18.0 Å². The number of nitrogens with zero attached hydrogens (tertiary/aromatic N) is 3. The molecule has 1 aliphatic rings. The molecule has 0 bridgehead atoms. The van der Waals surface area contributed by atoms with Gasteiger partial charge in [0.1, 0.15) is 9.89 Å². The van der Waals surface area contributed by atoms with E-state index in [1.165, 1.54) is 30.0 Å². The second kappa shape index (κ2) is 9.54. The van der Waals surface area contributed by atoms with Gasteiger partial charge in [0, 0.05) is 18.1 Å². The number of fused-ring (bicyclic) bond motifs is 1. The summed E-state index contributed by atoms with van der Waals surface area (Å²) < 4.78 is 43.2. The molecule has 3 aromatic rings. The van der Waals surface area contributed by atoms with Crippen molar-refractivity contribution in [2.45, 2.75) is 12.7 Å². The minimum atomic E-state index is -4.66. The summed E-state index contributed by atoms with van der Waals surface area (Å²) in [4.78, 5) is 20.9. The topological polar surface area (TPSA) is 59.3 Å². The summed E-state index contributed by atoms with van der Waals surface area (Å²) in [5.74, 6) is -0.357.